The van der Waals surface area contributed by atoms with E-state index >= 15 is 0 Å². The van der Waals surface area contributed by atoms with Gasteiger partial charge in [-0.2, -0.15) is 0 Å². The number of carbonyl (C=O) groups is 5. The van der Waals surface area contributed by atoms with Crippen molar-refractivity contribution < 1.29 is 32.8 Å². The molecule has 2 fully saturated rings. The molecule has 3 aromatic carbocycles. The van der Waals surface area contributed by atoms with E-state index in [0.717, 1.165) is 10.4 Å². The summed E-state index contributed by atoms with van der Waals surface area (Å²) in [6.07, 6.45) is 5.01. The van der Waals surface area contributed by atoms with Crippen LogP contribution < -0.4 is 26.3 Å². The second-order valence-electron chi connectivity index (χ2n) is 16.4. The summed E-state index contributed by atoms with van der Waals surface area (Å²) in [6.45, 7) is 11.9. The van der Waals surface area contributed by atoms with Crippen LogP contribution in [-0.2, 0) is 34.8 Å². The zero-order valence-corrected chi connectivity index (χ0v) is 35.0. The molecule has 2 saturated heterocycles. The molecule has 12 heteroatoms. The highest BCUT2D eigenvalue weighted by molar-refractivity contribution is 6.99. The SMILES string of the molecule is CC[C@]1(C)NC(=O)[C@H](CCC/C=C/C(=O)[C@@H](C)O[Si](c2ccccc2)(c2ccccc2)C(C)(C)C)NC(=O)[C@H]2CCCN2C(=O)[C@H](Cc2ccc(F)cc2)NC1=O. The van der Waals surface area contributed by atoms with E-state index in [1.165, 1.54) is 23.1 Å². The van der Waals surface area contributed by atoms with Gasteiger partial charge in [0.15, 0.2) is 5.78 Å². The fourth-order valence-corrected chi connectivity index (χ4v) is 12.5. The number of ketones is 1. The number of allylic oxidation sites excluding steroid dienone is 1. The molecule has 0 saturated carbocycles. The van der Waals surface area contributed by atoms with Crippen molar-refractivity contribution in [2.45, 2.75) is 121 Å². The predicted octanol–water partition coefficient (Wildman–Crippen LogP) is 4.89. The minimum absolute atomic E-state index is 0.0897. The van der Waals surface area contributed by atoms with Crippen LogP contribution in [0.5, 0.6) is 0 Å². The van der Waals surface area contributed by atoms with Gasteiger partial charge >= 0.3 is 0 Å². The fourth-order valence-electron chi connectivity index (χ4n) is 7.87. The van der Waals surface area contributed by atoms with E-state index in [2.05, 4.69) is 61.0 Å². The molecule has 5 rings (SSSR count). The van der Waals surface area contributed by atoms with Crippen molar-refractivity contribution in [3.05, 3.63) is 108 Å². The monoisotopic (exact) mass is 796 g/mol. The molecule has 0 bridgehead atoms. The Kier molecular flexibility index (Phi) is 14.1. The Morgan fingerprint density at radius 2 is 1.54 bits per heavy atom. The lowest BCUT2D eigenvalue weighted by molar-refractivity contribution is -0.144. The van der Waals surface area contributed by atoms with Gasteiger partial charge in [-0.3, -0.25) is 24.0 Å². The minimum atomic E-state index is -2.95. The summed E-state index contributed by atoms with van der Waals surface area (Å²) < 4.78 is 20.6. The topological polar surface area (TPSA) is 134 Å². The van der Waals surface area contributed by atoms with Gasteiger partial charge < -0.3 is 25.3 Å². The number of halogens is 1. The number of nitrogens with zero attached hydrogens (tertiary/aromatic N) is 1. The van der Waals surface area contributed by atoms with Gasteiger partial charge in [-0.1, -0.05) is 107 Å². The Hall–Kier alpha value is -4.94. The zero-order chi connectivity index (χ0) is 41.4. The molecule has 0 spiro atoms. The molecule has 3 N–H and O–H groups in total. The number of amides is 4. The highest BCUT2D eigenvalue weighted by Crippen LogP contribution is 2.37. The summed E-state index contributed by atoms with van der Waals surface area (Å²) >= 11 is 0. The van der Waals surface area contributed by atoms with Crippen LogP contribution in [0.4, 0.5) is 4.39 Å². The second-order valence-corrected chi connectivity index (χ2v) is 20.7. The van der Waals surface area contributed by atoms with E-state index in [1.807, 2.05) is 36.4 Å². The third-order valence-electron chi connectivity index (χ3n) is 11.4. The number of rotatable bonds is 13. The summed E-state index contributed by atoms with van der Waals surface area (Å²) in [4.78, 5) is 70.5. The van der Waals surface area contributed by atoms with E-state index in [9.17, 15) is 28.4 Å². The first-order valence-corrected chi connectivity index (χ1v) is 22.0. The Morgan fingerprint density at radius 1 is 0.930 bits per heavy atom. The first-order chi connectivity index (χ1) is 27.1. The van der Waals surface area contributed by atoms with Crippen molar-refractivity contribution in [1.29, 1.82) is 0 Å². The van der Waals surface area contributed by atoms with Gasteiger partial charge in [0.05, 0.1) is 0 Å². The van der Waals surface area contributed by atoms with E-state index in [1.54, 1.807) is 39.0 Å². The molecule has 304 valence electrons. The number of benzene rings is 3. The standard InChI is InChI=1S/C45H57FN4O6Si/c1-7-45(6)43(55)48-37(30-32-25-27-33(46)28-26-32)42(54)50-29-17-23-38(50)41(53)47-36(40(52)49-45)22-15-10-16-24-39(51)31(2)56-57(44(3,4)5,34-18-11-8-12-19-34)35-20-13-9-14-21-35/h8-9,11-14,16,18-21,24-28,31,36-38H,7,10,15,17,22-23,29-30H2,1-6H3,(H,47,53)(H,48,55)(H,49,52)/b24-16+/t31-,36+,37+,38-,45+/m1/s1. The highest BCUT2D eigenvalue weighted by Gasteiger charge is 2.51. The van der Waals surface area contributed by atoms with Crippen LogP contribution in [0.3, 0.4) is 0 Å². The maximum atomic E-state index is 14.0. The number of carbonyl (C=O) groups excluding carboxylic acids is 5. The first-order valence-electron chi connectivity index (χ1n) is 20.1. The van der Waals surface area contributed by atoms with Crippen LogP contribution in [0, 0.1) is 5.82 Å². The van der Waals surface area contributed by atoms with E-state index < -0.39 is 67.5 Å². The molecule has 2 heterocycles. The van der Waals surface area contributed by atoms with Gasteiger partial charge in [-0.15, -0.1) is 0 Å². The molecule has 2 aliphatic heterocycles. The Balaban J connectivity index is 1.28. The minimum Gasteiger partial charge on any atom is -0.397 e. The molecule has 0 aromatic heterocycles. The van der Waals surface area contributed by atoms with Crippen molar-refractivity contribution in [3.8, 4) is 0 Å². The van der Waals surface area contributed by atoms with Crippen molar-refractivity contribution >= 4 is 48.1 Å². The largest absolute Gasteiger partial charge is 0.397 e. The number of fused-ring (bicyclic) bond motifs is 1. The molecule has 0 unspecified atom stereocenters. The lowest BCUT2D eigenvalue weighted by atomic mass is 9.94. The van der Waals surface area contributed by atoms with Crippen LogP contribution in [0.1, 0.15) is 85.6 Å². The number of unbranched alkanes of at least 4 members (excludes halogenated alkanes) is 1. The third kappa shape index (κ3) is 9.96. The van der Waals surface area contributed by atoms with Crippen molar-refractivity contribution in [2.24, 2.45) is 0 Å². The maximum absolute atomic E-state index is 14.0. The van der Waals surface area contributed by atoms with Gasteiger partial charge in [0, 0.05) is 13.0 Å². The first kappa shape index (κ1) is 43.2. The van der Waals surface area contributed by atoms with Crippen LogP contribution in [0.15, 0.2) is 97.1 Å². The van der Waals surface area contributed by atoms with E-state index in [-0.39, 0.29) is 30.1 Å². The average Bonchev–Trinajstić information content (AvgIpc) is 3.69. The van der Waals surface area contributed by atoms with E-state index in [4.69, 9.17) is 4.43 Å². The van der Waals surface area contributed by atoms with Gasteiger partial charge in [-0.05, 0) is 91.6 Å². The summed E-state index contributed by atoms with van der Waals surface area (Å²) in [5.74, 6) is -2.48. The zero-order valence-electron chi connectivity index (χ0n) is 34.0. The number of hydrogen-bond donors (Lipinski definition) is 3. The molecular weight excluding hydrogens is 740 g/mol. The summed E-state index contributed by atoms with van der Waals surface area (Å²) in [6, 6.07) is 23.2. The molecule has 0 aliphatic carbocycles. The lowest BCUT2D eigenvalue weighted by Crippen LogP contribution is -2.68. The molecule has 0 radical (unpaired) electrons. The van der Waals surface area contributed by atoms with Crippen molar-refractivity contribution in [1.82, 2.24) is 20.9 Å². The van der Waals surface area contributed by atoms with Crippen molar-refractivity contribution in [3.63, 3.8) is 0 Å². The van der Waals surface area contributed by atoms with Gasteiger partial charge in [0.2, 0.25) is 23.6 Å². The highest BCUT2D eigenvalue weighted by atomic mass is 28.4. The average molecular weight is 797 g/mol. The fraction of sp³-hybridized carbons (Fsp3) is 0.444. The molecule has 3 aromatic rings. The predicted molar refractivity (Wildman–Crippen MR) is 222 cm³/mol. The maximum Gasteiger partial charge on any atom is 0.262 e. The van der Waals surface area contributed by atoms with Gasteiger partial charge in [0.25, 0.3) is 8.32 Å². The van der Waals surface area contributed by atoms with Gasteiger partial charge in [-0.25, -0.2) is 4.39 Å². The smallest absolute Gasteiger partial charge is 0.262 e. The summed E-state index contributed by atoms with van der Waals surface area (Å²) in [7, 11) is -2.95. The molecule has 4 amide bonds. The molecular formula is C45H57FN4O6Si. The van der Waals surface area contributed by atoms with Crippen LogP contribution in [0.25, 0.3) is 0 Å². The lowest BCUT2D eigenvalue weighted by Gasteiger charge is -2.44. The van der Waals surface area contributed by atoms with Crippen LogP contribution in [0.2, 0.25) is 5.04 Å². The van der Waals surface area contributed by atoms with Crippen LogP contribution >= 0.6 is 0 Å². The van der Waals surface area contributed by atoms with E-state index in [0.29, 0.717) is 37.8 Å². The van der Waals surface area contributed by atoms with Crippen LogP contribution in [-0.4, -0.2) is 78.9 Å². The molecule has 10 nitrogen and oxygen atoms in total. The second kappa shape index (κ2) is 18.5. The van der Waals surface area contributed by atoms with Gasteiger partial charge in [0.1, 0.15) is 35.6 Å². The Morgan fingerprint density at radius 3 is 2.12 bits per heavy atom. The number of hydrogen-bond acceptors (Lipinski definition) is 6. The Bertz CT molecular complexity index is 1880. The van der Waals surface area contributed by atoms with Crippen molar-refractivity contribution in [2.75, 3.05) is 6.54 Å². The molecule has 2 aliphatic rings. The normalized spacial score (nSPS) is 22.9. The Labute approximate surface area is 337 Å². The molecule has 57 heavy (non-hydrogen) atoms. The quantitative estimate of drug-likeness (QED) is 0.128. The third-order valence-corrected chi connectivity index (χ3v) is 16.5. The summed E-state index contributed by atoms with van der Waals surface area (Å²) in [5.41, 5.74) is -0.750. The number of nitrogens with one attached hydrogen (secondary N) is 3. The molecule has 5 atom stereocenters. The summed E-state index contributed by atoms with van der Waals surface area (Å²) in [5, 5.41) is 10.5.